The second-order valence-electron chi connectivity index (χ2n) is 8.87. The molecule has 33 heavy (non-hydrogen) atoms. The van der Waals surface area contributed by atoms with Crippen molar-refractivity contribution >= 4 is 16.8 Å². The first kappa shape index (κ1) is 22.7. The quantitative estimate of drug-likeness (QED) is 0.630. The molecule has 1 amide bonds. The van der Waals surface area contributed by atoms with Crippen LogP contribution in [0.5, 0.6) is 0 Å². The molecule has 0 radical (unpaired) electrons. The van der Waals surface area contributed by atoms with Crippen molar-refractivity contribution in [2.24, 2.45) is 5.92 Å². The molecule has 1 saturated heterocycles. The highest BCUT2D eigenvalue weighted by Crippen LogP contribution is 2.26. The van der Waals surface area contributed by atoms with Crippen molar-refractivity contribution in [3.05, 3.63) is 76.3 Å². The predicted molar refractivity (Wildman–Crippen MR) is 125 cm³/mol. The van der Waals surface area contributed by atoms with Gasteiger partial charge in [0.2, 0.25) is 5.91 Å². The highest BCUT2D eigenvalue weighted by molar-refractivity contribution is 5.79. The summed E-state index contributed by atoms with van der Waals surface area (Å²) >= 11 is 0. The molecule has 1 aromatic heterocycles. The average Bonchev–Trinajstić information content (AvgIpc) is 2.84. The van der Waals surface area contributed by atoms with Gasteiger partial charge in [0.1, 0.15) is 0 Å². The normalized spacial score (nSPS) is 16.3. The van der Waals surface area contributed by atoms with E-state index in [4.69, 9.17) is 5.26 Å². The van der Waals surface area contributed by atoms with Gasteiger partial charge >= 0.3 is 0 Å². The Kier molecular flexibility index (Phi) is 6.57. The molecule has 1 fully saturated rings. The van der Waals surface area contributed by atoms with Crippen LogP contribution < -0.4 is 5.56 Å². The van der Waals surface area contributed by atoms with E-state index in [2.05, 4.69) is 4.98 Å². The number of aromatic nitrogens is 2. The van der Waals surface area contributed by atoms with Crippen LogP contribution in [0.3, 0.4) is 0 Å². The lowest BCUT2D eigenvalue weighted by Crippen LogP contribution is -2.51. The summed E-state index contributed by atoms with van der Waals surface area (Å²) in [5, 5.41) is 20.6. The van der Waals surface area contributed by atoms with E-state index in [0.717, 1.165) is 12.0 Å². The maximum absolute atomic E-state index is 13.1. The summed E-state index contributed by atoms with van der Waals surface area (Å²) in [5.74, 6) is 0.0467. The van der Waals surface area contributed by atoms with Crippen molar-refractivity contribution in [3.63, 3.8) is 0 Å². The molecule has 1 unspecified atom stereocenters. The molecule has 0 aliphatic carbocycles. The Morgan fingerprint density at radius 1 is 1.21 bits per heavy atom. The van der Waals surface area contributed by atoms with Gasteiger partial charge < -0.3 is 10.0 Å². The summed E-state index contributed by atoms with van der Waals surface area (Å²) in [6, 6.07) is 16.8. The molecule has 1 N–H and O–H groups in total. The summed E-state index contributed by atoms with van der Waals surface area (Å²) in [5.41, 5.74) is 0.734. The van der Waals surface area contributed by atoms with Gasteiger partial charge in [0.05, 0.1) is 41.0 Å². The highest BCUT2D eigenvalue weighted by Gasteiger charge is 2.36. The zero-order valence-electron chi connectivity index (χ0n) is 18.8. The van der Waals surface area contributed by atoms with E-state index in [1.807, 2.05) is 48.2 Å². The van der Waals surface area contributed by atoms with Crippen LogP contribution in [0.15, 0.2) is 59.7 Å². The van der Waals surface area contributed by atoms with Crippen LogP contribution in [0.1, 0.15) is 37.3 Å². The SMILES string of the molecule is CCC(Cc1ccccc1)C(=O)N1CCC(O)(Cn2cnc3cc(C#N)ccc3c2=O)CC1. The molecule has 7 heteroatoms. The van der Waals surface area contributed by atoms with Gasteiger partial charge in [-0.25, -0.2) is 4.98 Å². The number of nitrogens with zero attached hydrogens (tertiary/aromatic N) is 4. The number of carbonyl (C=O) groups is 1. The number of fused-ring (bicyclic) bond motifs is 1. The fourth-order valence-electron chi connectivity index (χ4n) is 4.52. The van der Waals surface area contributed by atoms with Crippen LogP contribution in [0.4, 0.5) is 0 Å². The lowest BCUT2D eigenvalue weighted by atomic mass is 9.89. The largest absolute Gasteiger partial charge is 0.388 e. The minimum absolute atomic E-state index is 0.0794. The molecule has 3 aromatic rings. The fourth-order valence-corrected chi connectivity index (χ4v) is 4.52. The van der Waals surface area contributed by atoms with E-state index in [1.165, 1.54) is 10.9 Å². The van der Waals surface area contributed by atoms with E-state index in [9.17, 15) is 14.7 Å². The molecule has 4 rings (SSSR count). The molecule has 1 aliphatic rings. The zero-order chi connectivity index (χ0) is 23.4. The number of benzene rings is 2. The Morgan fingerprint density at radius 3 is 2.61 bits per heavy atom. The smallest absolute Gasteiger partial charge is 0.261 e. The number of nitriles is 1. The number of piperidine rings is 1. The van der Waals surface area contributed by atoms with E-state index >= 15 is 0 Å². The number of likely N-dealkylation sites (tertiary alicyclic amines) is 1. The van der Waals surface area contributed by atoms with Gasteiger partial charge in [-0.15, -0.1) is 0 Å². The topological polar surface area (TPSA) is 99.2 Å². The average molecular weight is 445 g/mol. The Hall–Kier alpha value is -3.50. The van der Waals surface area contributed by atoms with Gasteiger partial charge in [-0.3, -0.25) is 14.2 Å². The number of aliphatic hydroxyl groups is 1. The van der Waals surface area contributed by atoms with Gasteiger partial charge in [-0.2, -0.15) is 5.26 Å². The standard InChI is InChI=1S/C26H28N4O3/c1-2-21(14-19-6-4-3-5-7-19)24(31)29-12-10-26(33,11-13-29)17-30-18-28-23-15-20(16-27)8-9-22(23)25(30)32/h3-9,15,18,21,33H,2,10-14,17H2,1H3. The van der Waals surface area contributed by atoms with Crippen molar-refractivity contribution in [1.82, 2.24) is 14.5 Å². The summed E-state index contributed by atoms with van der Waals surface area (Å²) in [6.45, 7) is 3.08. The van der Waals surface area contributed by atoms with Crippen molar-refractivity contribution < 1.29 is 9.90 Å². The first-order valence-electron chi connectivity index (χ1n) is 11.4. The van der Waals surface area contributed by atoms with Gasteiger partial charge in [0, 0.05) is 19.0 Å². The number of amides is 1. The van der Waals surface area contributed by atoms with E-state index in [1.54, 1.807) is 18.2 Å². The summed E-state index contributed by atoms with van der Waals surface area (Å²) < 4.78 is 1.43. The Morgan fingerprint density at radius 2 is 1.94 bits per heavy atom. The molecule has 170 valence electrons. The van der Waals surface area contributed by atoms with Crippen LogP contribution >= 0.6 is 0 Å². The zero-order valence-corrected chi connectivity index (χ0v) is 18.8. The second kappa shape index (κ2) is 9.55. The molecule has 1 atom stereocenters. The van der Waals surface area contributed by atoms with E-state index in [-0.39, 0.29) is 23.9 Å². The van der Waals surface area contributed by atoms with Crippen LogP contribution in [0.2, 0.25) is 0 Å². The second-order valence-corrected chi connectivity index (χ2v) is 8.87. The monoisotopic (exact) mass is 444 g/mol. The van der Waals surface area contributed by atoms with Crippen LogP contribution in [-0.2, 0) is 17.8 Å². The molecule has 2 aromatic carbocycles. The van der Waals surface area contributed by atoms with Gasteiger partial charge in [-0.05, 0) is 49.4 Å². The lowest BCUT2D eigenvalue weighted by molar-refractivity contribution is -0.140. The number of hydrogen-bond acceptors (Lipinski definition) is 5. The summed E-state index contributed by atoms with van der Waals surface area (Å²) in [7, 11) is 0. The Balaban J connectivity index is 1.42. The third kappa shape index (κ3) is 4.96. The fraction of sp³-hybridized carbons (Fsp3) is 0.385. The van der Waals surface area contributed by atoms with E-state index in [0.29, 0.717) is 48.8 Å². The number of carbonyl (C=O) groups excluding carboxylic acids is 1. The maximum Gasteiger partial charge on any atom is 0.261 e. The van der Waals surface area contributed by atoms with Crippen molar-refractivity contribution in [2.45, 2.75) is 44.8 Å². The molecular weight excluding hydrogens is 416 g/mol. The third-order valence-corrected chi connectivity index (χ3v) is 6.59. The lowest BCUT2D eigenvalue weighted by Gasteiger charge is -2.39. The Labute approximate surface area is 192 Å². The predicted octanol–water partition coefficient (Wildman–Crippen LogP) is 2.89. The van der Waals surface area contributed by atoms with Crippen LogP contribution in [0, 0.1) is 17.2 Å². The van der Waals surface area contributed by atoms with Gasteiger partial charge in [0.25, 0.3) is 5.56 Å². The van der Waals surface area contributed by atoms with Crippen LogP contribution in [-0.4, -0.2) is 44.2 Å². The minimum Gasteiger partial charge on any atom is -0.388 e. The number of hydrogen-bond donors (Lipinski definition) is 1. The molecule has 1 aliphatic heterocycles. The first-order valence-corrected chi connectivity index (χ1v) is 11.4. The van der Waals surface area contributed by atoms with Crippen molar-refractivity contribution in [2.75, 3.05) is 13.1 Å². The number of rotatable bonds is 6. The highest BCUT2D eigenvalue weighted by atomic mass is 16.3. The first-order chi connectivity index (χ1) is 15.9. The molecule has 0 bridgehead atoms. The van der Waals surface area contributed by atoms with E-state index < -0.39 is 5.60 Å². The summed E-state index contributed by atoms with van der Waals surface area (Å²) in [6.07, 6.45) is 3.70. The van der Waals surface area contributed by atoms with Crippen molar-refractivity contribution in [3.8, 4) is 6.07 Å². The molecule has 0 spiro atoms. The van der Waals surface area contributed by atoms with Crippen molar-refractivity contribution in [1.29, 1.82) is 5.26 Å². The third-order valence-electron chi connectivity index (χ3n) is 6.59. The molecule has 2 heterocycles. The summed E-state index contributed by atoms with van der Waals surface area (Å²) in [4.78, 5) is 32.1. The Bertz CT molecular complexity index is 1240. The minimum atomic E-state index is -1.08. The maximum atomic E-state index is 13.1. The van der Waals surface area contributed by atoms with Crippen LogP contribution in [0.25, 0.3) is 10.9 Å². The van der Waals surface area contributed by atoms with Gasteiger partial charge in [0.15, 0.2) is 0 Å². The van der Waals surface area contributed by atoms with Gasteiger partial charge in [-0.1, -0.05) is 37.3 Å². The molecule has 0 saturated carbocycles. The molecular formula is C26H28N4O3. The molecule has 7 nitrogen and oxygen atoms in total.